The van der Waals surface area contributed by atoms with E-state index in [2.05, 4.69) is 4.98 Å². The van der Waals surface area contributed by atoms with E-state index >= 15 is 0 Å². The molecule has 1 aromatic rings. The van der Waals surface area contributed by atoms with Gasteiger partial charge in [-0.3, -0.25) is 4.79 Å². The van der Waals surface area contributed by atoms with Gasteiger partial charge in [0.2, 0.25) is 0 Å². The summed E-state index contributed by atoms with van der Waals surface area (Å²) in [6.45, 7) is 0. The van der Waals surface area contributed by atoms with Crippen LogP contribution in [0.15, 0.2) is 6.07 Å². The minimum absolute atomic E-state index is 0.405. The number of carboxylic acids is 1. The van der Waals surface area contributed by atoms with Gasteiger partial charge in [0, 0.05) is 5.56 Å². The fourth-order valence-corrected chi connectivity index (χ4v) is 1.19. The van der Waals surface area contributed by atoms with Crippen LogP contribution in [0.25, 0.3) is 0 Å². The Morgan fingerprint density at radius 2 is 2.20 bits per heavy atom. The van der Waals surface area contributed by atoms with Crippen molar-refractivity contribution in [2.45, 2.75) is 12.8 Å². The van der Waals surface area contributed by atoms with Gasteiger partial charge < -0.3 is 5.11 Å². The van der Waals surface area contributed by atoms with E-state index in [4.69, 9.17) is 16.7 Å². The molecule has 0 aliphatic carbocycles. The predicted octanol–water partition coefficient (Wildman–Crippen LogP) is 2.44. The average molecular weight is 240 g/mol. The van der Waals surface area contributed by atoms with E-state index in [1.807, 2.05) is 0 Å². The zero-order chi connectivity index (χ0) is 11.6. The Kier molecular flexibility index (Phi) is 3.52. The van der Waals surface area contributed by atoms with E-state index in [1.54, 1.807) is 0 Å². The third-order valence-corrected chi connectivity index (χ3v) is 1.83. The third-order valence-electron chi connectivity index (χ3n) is 1.58. The van der Waals surface area contributed by atoms with Crippen molar-refractivity contribution in [3.8, 4) is 0 Å². The predicted molar refractivity (Wildman–Crippen MR) is 45.5 cm³/mol. The fraction of sp³-hybridized carbons (Fsp3) is 0.250. The maximum Gasteiger partial charge on any atom is 0.307 e. The summed E-state index contributed by atoms with van der Waals surface area (Å²) in [7, 11) is 0. The summed E-state index contributed by atoms with van der Waals surface area (Å²) in [5.74, 6) is -2.42. The number of aliphatic carboxylic acids is 1. The van der Waals surface area contributed by atoms with Gasteiger partial charge in [0.25, 0.3) is 6.43 Å². The highest BCUT2D eigenvalue weighted by Gasteiger charge is 2.17. The molecule has 0 aliphatic heterocycles. The number of pyridine rings is 1. The van der Waals surface area contributed by atoms with Gasteiger partial charge in [0.05, 0.1) is 6.42 Å². The molecule has 0 amide bonds. The molecule has 0 saturated carbocycles. The lowest BCUT2D eigenvalue weighted by Gasteiger charge is -2.05. The monoisotopic (exact) mass is 239 g/mol. The lowest BCUT2D eigenvalue weighted by atomic mass is 10.1. The SMILES string of the molecule is O=C(O)Cc1cc(C(F)F)nc(Cl)c1F. The van der Waals surface area contributed by atoms with Gasteiger partial charge in [-0.2, -0.15) is 0 Å². The number of hydrogen-bond acceptors (Lipinski definition) is 2. The number of carbonyl (C=O) groups is 1. The smallest absolute Gasteiger partial charge is 0.307 e. The number of halogens is 4. The number of nitrogens with zero attached hydrogens (tertiary/aromatic N) is 1. The molecule has 0 atom stereocenters. The average Bonchev–Trinajstić information content (AvgIpc) is 2.11. The first-order valence-corrected chi connectivity index (χ1v) is 4.14. The molecule has 0 aliphatic rings. The van der Waals surface area contributed by atoms with Crippen molar-refractivity contribution in [3.63, 3.8) is 0 Å². The van der Waals surface area contributed by atoms with Crippen LogP contribution in [-0.2, 0) is 11.2 Å². The summed E-state index contributed by atoms with van der Waals surface area (Å²) < 4.78 is 37.5. The maximum absolute atomic E-state index is 13.1. The van der Waals surface area contributed by atoms with Crippen molar-refractivity contribution in [2.75, 3.05) is 0 Å². The molecule has 7 heteroatoms. The standard InChI is InChI=1S/C8H5ClF3NO2/c9-7-6(10)3(2-5(14)15)1-4(13-7)8(11)12/h1,8H,2H2,(H,14,15). The van der Waals surface area contributed by atoms with Gasteiger partial charge >= 0.3 is 5.97 Å². The van der Waals surface area contributed by atoms with Crippen LogP contribution in [0.4, 0.5) is 13.2 Å². The first-order chi connectivity index (χ1) is 6.91. The number of rotatable bonds is 3. The molecular weight excluding hydrogens is 235 g/mol. The molecule has 1 heterocycles. The molecule has 0 fully saturated rings. The highest BCUT2D eigenvalue weighted by atomic mass is 35.5. The van der Waals surface area contributed by atoms with Crippen molar-refractivity contribution in [3.05, 3.63) is 28.3 Å². The minimum atomic E-state index is -2.92. The van der Waals surface area contributed by atoms with Crippen LogP contribution < -0.4 is 0 Å². The van der Waals surface area contributed by atoms with Gasteiger partial charge in [0.1, 0.15) is 5.69 Å². The summed E-state index contributed by atoms with van der Waals surface area (Å²) in [5.41, 5.74) is -1.14. The molecule has 82 valence electrons. The van der Waals surface area contributed by atoms with Crippen LogP contribution in [0, 0.1) is 5.82 Å². The zero-order valence-corrected chi connectivity index (χ0v) is 7.93. The van der Waals surface area contributed by atoms with Crippen LogP contribution >= 0.6 is 11.6 Å². The summed E-state index contributed by atoms with van der Waals surface area (Å²) in [4.78, 5) is 13.4. The molecule has 15 heavy (non-hydrogen) atoms. The quantitative estimate of drug-likeness (QED) is 0.824. The topological polar surface area (TPSA) is 50.2 Å². The van der Waals surface area contributed by atoms with Crippen molar-refractivity contribution < 1.29 is 23.1 Å². The van der Waals surface area contributed by atoms with Crippen LogP contribution in [0.2, 0.25) is 5.15 Å². The second kappa shape index (κ2) is 4.48. The lowest BCUT2D eigenvalue weighted by molar-refractivity contribution is -0.136. The number of carboxylic acid groups (broad SMARTS) is 1. The largest absolute Gasteiger partial charge is 0.481 e. The Morgan fingerprint density at radius 3 is 2.67 bits per heavy atom. The van der Waals surface area contributed by atoms with Crippen molar-refractivity contribution >= 4 is 17.6 Å². The zero-order valence-electron chi connectivity index (χ0n) is 7.18. The summed E-state index contributed by atoms with van der Waals surface area (Å²) >= 11 is 5.23. The lowest BCUT2D eigenvalue weighted by Crippen LogP contribution is -2.05. The van der Waals surface area contributed by atoms with Crippen LogP contribution in [0.1, 0.15) is 17.7 Å². The van der Waals surface area contributed by atoms with E-state index in [1.165, 1.54) is 0 Å². The van der Waals surface area contributed by atoms with Crippen molar-refractivity contribution in [1.82, 2.24) is 4.98 Å². The summed E-state index contributed by atoms with van der Waals surface area (Å²) in [6.07, 6.45) is -3.64. The van der Waals surface area contributed by atoms with Crippen molar-refractivity contribution in [1.29, 1.82) is 0 Å². The van der Waals surface area contributed by atoms with E-state index < -0.39 is 41.0 Å². The normalized spacial score (nSPS) is 10.7. The molecular formula is C8H5ClF3NO2. The third kappa shape index (κ3) is 2.82. The van der Waals surface area contributed by atoms with Gasteiger partial charge in [-0.1, -0.05) is 11.6 Å². The summed E-state index contributed by atoms with van der Waals surface area (Å²) in [6, 6.07) is 0.694. The Balaban J connectivity index is 3.18. The van der Waals surface area contributed by atoms with Crippen molar-refractivity contribution in [2.24, 2.45) is 0 Å². The van der Waals surface area contributed by atoms with Gasteiger partial charge in [-0.15, -0.1) is 0 Å². The molecule has 1 aromatic heterocycles. The first-order valence-electron chi connectivity index (χ1n) is 3.76. The fourth-order valence-electron chi connectivity index (χ4n) is 0.972. The highest BCUT2D eigenvalue weighted by Crippen LogP contribution is 2.24. The van der Waals surface area contributed by atoms with Gasteiger partial charge in [0.15, 0.2) is 11.0 Å². The summed E-state index contributed by atoms with van der Waals surface area (Å²) in [5, 5.41) is 7.65. The second-order valence-corrected chi connectivity index (χ2v) is 3.04. The van der Waals surface area contributed by atoms with E-state index in [0.29, 0.717) is 6.07 Å². The molecule has 0 radical (unpaired) electrons. The van der Waals surface area contributed by atoms with E-state index in [0.717, 1.165) is 0 Å². The van der Waals surface area contributed by atoms with Crippen LogP contribution in [0.5, 0.6) is 0 Å². The second-order valence-electron chi connectivity index (χ2n) is 2.68. The number of hydrogen-bond donors (Lipinski definition) is 1. The van der Waals surface area contributed by atoms with Crippen LogP contribution in [0.3, 0.4) is 0 Å². The Labute approximate surface area is 87.5 Å². The van der Waals surface area contributed by atoms with Gasteiger partial charge in [-0.25, -0.2) is 18.2 Å². The maximum atomic E-state index is 13.1. The molecule has 0 unspecified atom stereocenters. The molecule has 1 rings (SSSR count). The minimum Gasteiger partial charge on any atom is -0.481 e. The van der Waals surface area contributed by atoms with E-state index in [-0.39, 0.29) is 0 Å². The molecule has 0 aromatic carbocycles. The molecule has 0 bridgehead atoms. The Morgan fingerprint density at radius 1 is 1.60 bits per heavy atom. The Bertz CT molecular complexity index is 398. The molecule has 1 N–H and O–H groups in total. The molecule has 3 nitrogen and oxygen atoms in total. The first kappa shape index (κ1) is 11.8. The van der Waals surface area contributed by atoms with E-state index in [9.17, 15) is 18.0 Å². The van der Waals surface area contributed by atoms with Crippen LogP contribution in [-0.4, -0.2) is 16.1 Å². The number of alkyl halides is 2. The molecule has 0 spiro atoms. The van der Waals surface area contributed by atoms with Gasteiger partial charge in [-0.05, 0) is 6.07 Å². The molecule has 0 saturated heterocycles. The highest BCUT2D eigenvalue weighted by molar-refractivity contribution is 6.29. The Hall–Kier alpha value is -1.30. The number of aromatic nitrogens is 1.